The van der Waals surface area contributed by atoms with E-state index < -0.39 is 0 Å². The summed E-state index contributed by atoms with van der Waals surface area (Å²) in [6.07, 6.45) is 17.7. The third kappa shape index (κ3) is 4.63. The first-order chi connectivity index (χ1) is 17.2. The van der Waals surface area contributed by atoms with Crippen molar-refractivity contribution in [3.63, 3.8) is 0 Å². The van der Waals surface area contributed by atoms with Crippen molar-refractivity contribution >= 4 is 5.97 Å². The zero-order chi connectivity index (χ0) is 25.5. The average molecular weight is 489 g/mol. The standard InChI is InChI=1S/C34H48O2/c1-23(2)10-9-11-24(3)29-16-17-30-28-15-14-26-22-27(36-32(35)25-12-7-6-8-13-25)18-20-33(26,4)31(28)19-21-34(29,30)5/h6-8,12-15,23-24,27,29-31H,9-11,16-22H2,1-5H3/t24-,27+,29-,30+,31-,33-,34+/m0/s1. The summed E-state index contributed by atoms with van der Waals surface area (Å²) in [4.78, 5) is 12.7. The van der Waals surface area contributed by atoms with Crippen LogP contribution in [0.2, 0.25) is 0 Å². The van der Waals surface area contributed by atoms with Crippen molar-refractivity contribution in [3.8, 4) is 0 Å². The summed E-state index contributed by atoms with van der Waals surface area (Å²) in [5.41, 5.74) is 4.66. The molecule has 0 unspecified atom stereocenters. The second kappa shape index (κ2) is 10.1. The van der Waals surface area contributed by atoms with Gasteiger partial charge in [0.15, 0.2) is 0 Å². The monoisotopic (exact) mass is 488 g/mol. The summed E-state index contributed by atoms with van der Waals surface area (Å²) in [5, 5.41) is 0. The van der Waals surface area contributed by atoms with Crippen LogP contribution in [0.4, 0.5) is 0 Å². The van der Waals surface area contributed by atoms with Gasteiger partial charge in [0.25, 0.3) is 0 Å². The molecule has 0 bridgehead atoms. The maximum Gasteiger partial charge on any atom is 0.338 e. The highest BCUT2D eigenvalue weighted by molar-refractivity contribution is 5.89. The first-order valence-corrected chi connectivity index (χ1v) is 14.9. The largest absolute Gasteiger partial charge is 0.458 e. The average Bonchev–Trinajstić information content (AvgIpc) is 3.22. The Morgan fingerprint density at radius 3 is 2.47 bits per heavy atom. The molecular weight excluding hydrogens is 440 g/mol. The van der Waals surface area contributed by atoms with E-state index in [0.717, 1.165) is 42.9 Å². The SMILES string of the molecule is CC(C)CCC[C@H](C)[C@@H]1CC[C@@H]2C3=CC=C4C[C@H](OC(=O)c5ccccc5)CC[C@]4(C)[C@H]3CC[C@@]21C. The number of esters is 1. The van der Waals surface area contributed by atoms with Crippen molar-refractivity contribution in [3.05, 3.63) is 59.2 Å². The van der Waals surface area contributed by atoms with Crippen LogP contribution in [0.3, 0.4) is 0 Å². The summed E-state index contributed by atoms with van der Waals surface area (Å²) in [7, 11) is 0. The lowest BCUT2D eigenvalue weighted by Gasteiger charge is -2.55. The van der Waals surface area contributed by atoms with Crippen LogP contribution in [0, 0.1) is 40.4 Å². The zero-order valence-electron chi connectivity index (χ0n) is 23.4. The van der Waals surface area contributed by atoms with Gasteiger partial charge in [-0.15, -0.1) is 0 Å². The number of hydrogen-bond acceptors (Lipinski definition) is 2. The van der Waals surface area contributed by atoms with Crippen LogP contribution >= 0.6 is 0 Å². The fourth-order valence-corrected chi connectivity index (χ4v) is 8.89. The summed E-state index contributed by atoms with van der Waals surface area (Å²) in [6.45, 7) is 12.4. The first-order valence-electron chi connectivity index (χ1n) is 14.9. The molecule has 7 atom stereocenters. The van der Waals surface area contributed by atoms with Gasteiger partial charge >= 0.3 is 5.97 Å². The molecule has 196 valence electrons. The molecule has 0 amide bonds. The molecule has 3 saturated carbocycles. The fraction of sp³-hybridized carbons (Fsp3) is 0.676. The van der Waals surface area contributed by atoms with Crippen molar-refractivity contribution in [2.75, 3.05) is 0 Å². The number of carbonyl (C=O) groups is 1. The maximum atomic E-state index is 12.7. The number of ether oxygens (including phenoxy) is 1. The molecule has 1 aromatic rings. The minimum Gasteiger partial charge on any atom is -0.458 e. The van der Waals surface area contributed by atoms with Gasteiger partial charge in [0.1, 0.15) is 6.10 Å². The Morgan fingerprint density at radius 2 is 1.72 bits per heavy atom. The van der Waals surface area contributed by atoms with Crippen LogP contribution in [-0.4, -0.2) is 12.1 Å². The Bertz CT molecular complexity index is 1000. The van der Waals surface area contributed by atoms with Gasteiger partial charge in [-0.2, -0.15) is 0 Å². The van der Waals surface area contributed by atoms with E-state index in [0.29, 0.717) is 16.9 Å². The zero-order valence-corrected chi connectivity index (χ0v) is 23.4. The topological polar surface area (TPSA) is 26.3 Å². The number of benzene rings is 1. The van der Waals surface area contributed by atoms with E-state index in [1.54, 1.807) is 5.57 Å². The molecule has 4 aliphatic carbocycles. The lowest BCUT2D eigenvalue weighted by molar-refractivity contribution is 0.00572. The molecule has 0 aliphatic heterocycles. The van der Waals surface area contributed by atoms with Gasteiger partial charge in [0.2, 0.25) is 0 Å². The molecule has 0 N–H and O–H groups in total. The smallest absolute Gasteiger partial charge is 0.338 e. The van der Waals surface area contributed by atoms with E-state index in [2.05, 4.69) is 46.8 Å². The third-order valence-corrected chi connectivity index (χ3v) is 11.0. The number of carbonyl (C=O) groups excluding carboxylic acids is 1. The molecule has 0 radical (unpaired) electrons. The maximum absolute atomic E-state index is 12.7. The van der Waals surface area contributed by atoms with Crippen LogP contribution in [0.5, 0.6) is 0 Å². The van der Waals surface area contributed by atoms with Crippen LogP contribution < -0.4 is 0 Å². The number of hydrogen-bond donors (Lipinski definition) is 0. The number of allylic oxidation sites excluding steroid dienone is 3. The molecule has 2 nitrogen and oxygen atoms in total. The van der Waals surface area contributed by atoms with E-state index in [4.69, 9.17) is 4.74 Å². The molecule has 1 aromatic carbocycles. The molecule has 3 fully saturated rings. The van der Waals surface area contributed by atoms with E-state index in [1.165, 1.54) is 50.5 Å². The molecule has 36 heavy (non-hydrogen) atoms. The van der Waals surface area contributed by atoms with E-state index in [1.807, 2.05) is 30.3 Å². The molecular formula is C34H48O2. The molecule has 0 heterocycles. The third-order valence-electron chi connectivity index (χ3n) is 11.0. The van der Waals surface area contributed by atoms with Crippen LogP contribution in [-0.2, 0) is 4.74 Å². The summed E-state index contributed by atoms with van der Waals surface area (Å²) < 4.78 is 5.98. The highest BCUT2D eigenvalue weighted by Crippen LogP contribution is 2.66. The molecule has 0 spiro atoms. The van der Waals surface area contributed by atoms with E-state index >= 15 is 0 Å². The number of fused-ring (bicyclic) bond motifs is 5. The fourth-order valence-electron chi connectivity index (χ4n) is 8.89. The van der Waals surface area contributed by atoms with Gasteiger partial charge in [-0.1, -0.05) is 95.4 Å². The molecule has 0 saturated heterocycles. The van der Waals surface area contributed by atoms with Gasteiger partial charge in [-0.05, 0) is 91.1 Å². The van der Waals surface area contributed by atoms with E-state index in [9.17, 15) is 4.79 Å². The predicted octanol–water partition coefficient (Wildman–Crippen LogP) is 9.17. The predicted molar refractivity (Wildman–Crippen MR) is 149 cm³/mol. The molecule has 2 heteroatoms. The Balaban J connectivity index is 1.29. The highest BCUT2D eigenvalue weighted by atomic mass is 16.5. The van der Waals surface area contributed by atoms with Gasteiger partial charge in [0, 0.05) is 6.42 Å². The Morgan fingerprint density at radius 1 is 0.944 bits per heavy atom. The van der Waals surface area contributed by atoms with E-state index in [-0.39, 0.29) is 17.5 Å². The minimum absolute atomic E-state index is 0.00314. The number of rotatable bonds is 7. The van der Waals surface area contributed by atoms with Crippen molar-refractivity contribution < 1.29 is 9.53 Å². The van der Waals surface area contributed by atoms with Crippen LogP contribution in [0.1, 0.15) is 109 Å². The quantitative estimate of drug-likeness (QED) is 0.358. The van der Waals surface area contributed by atoms with Gasteiger partial charge < -0.3 is 4.74 Å². The first kappa shape index (κ1) is 25.8. The van der Waals surface area contributed by atoms with Crippen LogP contribution in [0.25, 0.3) is 0 Å². The molecule has 0 aromatic heterocycles. The molecule has 4 aliphatic rings. The van der Waals surface area contributed by atoms with Crippen molar-refractivity contribution in [2.24, 2.45) is 40.4 Å². The Kier molecular flexibility index (Phi) is 7.27. The van der Waals surface area contributed by atoms with Gasteiger partial charge in [-0.3, -0.25) is 0 Å². The van der Waals surface area contributed by atoms with Crippen molar-refractivity contribution in [1.29, 1.82) is 0 Å². The Labute approximate surface area is 220 Å². The highest BCUT2D eigenvalue weighted by Gasteiger charge is 2.57. The van der Waals surface area contributed by atoms with Crippen molar-refractivity contribution in [1.82, 2.24) is 0 Å². The second-order valence-corrected chi connectivity index (χ2v) is 13.5. The Hall–Kier alpha value is -1.83. The van der Waals surface area contributed by atoms with Gasteiger partial charge in [0.05, 0.1) is 5.56 Å². The van der Waals surface area contributed by atoms with Crippen LogP contribution in [0.15, 0.2) is 53.6 Å². The summed E-state index contributed by atoms with van der Waals surface area (Å²) in [6, 6.07) is 9.45. The minimum atomic E-state index is -0.176. The molecule has 5 rings (SSSR count). The second-order valence-electron chi connectivity index (χ2n) is 13.5. The van der Waals surface area contributed by atoms with Gasteiger partial charge in [-0.25, -0.2) is 4.79 Å². The normalized spacial score (nSPS) is 36.3. The lowest BCUT2D eigenvalue weighted by Crippen LogP contribution is -2.46. The summed E-state index contributed by atoms with van der Waals surface area (Å²) >= 11 is 0. The van der Waals surface area contributed by atoms with Crippen molar-refractivity contribution in [2.45, 2.75) is 105 Å². The summed E-state index contributed by atoms with van der Waals surface area (Å²) in [5.74, 6) is 3.81. The lowest BCUT2D eigenvalue weighted by atomic mass is 9.50.